The average molecular weight is 339 g/mol. The predicted octanol–water partition coefficient (Wildman–Crippen LogP) is 3.15. The molecule has 0 saturated heterocycles. The first-order chi connectivity index (χ1) is 10.5. The van der Waals surface area contributed by atoms with Crippen molar-refractivity contribution in [1.82, 2.24) is 9.47 Å². The molecule has 2 rings (SSSR count). The van der Waals surface area contributed by atoms with Crippen molar-refractivity contribution in [1.29, 1.82) is 0 Å². The van der Waals surface area contributed by atoms with E-state index in [-0.39, 0.29) is 11.5 Å². The van der Waals surface area contributed by atoms with E-state index in [1.54, 1.807) is 34.7 Å². The van der Waals surface area contributed by atoms with Crippen LogP contribution in [0.2, 0.25) is 5.02 Å². The largest absolute Gasteiger partial charge is 0.343 e. The summed E-state index contributed by atoms with van der Waals surface area (Å²) in [6.07, 6.45) is 0. The fraction of sp³-hybridized carbons (Fsp3) is 0.375. The van der Waals surface area contributed by atoms with Crippen LogP contribution in [0.3, 0.4) is 0 Å². The van der Waals surface area contributed by atoms with E-state index in [1.807, 2.05) is 19.9 Å². The summed E-state index contributed by atoms with van der Waals surface area (Å²) >= 11 is 7.42. The number of aromatic nitrogens is 1. The molecule has 1 aromatic carbocycles. The monoisotopic (exact) mass is 338 g/mol. The Morgan fingerprint density at radius 2 is 1.95 bits per heavy atom. The Kier molecular flexibility index (Phi) is 5.53. The Morgan fingerprint density at radius 1 is 1.27 bits per heavy atom. The van der Waals surface area contributed by atoms with Gasteiger partial charge < -0.3 is 9.47 Å². The van der Waals surface area contributed by atoms with Gasteiger partial charge in [0.15, 0.2) is 0 Å². The van der Waals surface area contributed by atoms with Gasteiger partial charge in [-0.25, -0.2) is 0 Å². The zero-order valence-corrected chi connectivity index (χ0v) is 14.5. The Morgan fingerprint density at radius 3 is 2.59 bits per heavy atom. The Balaban J connectivity index is 2.34. The van der Waals surface area contributed by atoms with Crippen LogP contribution in [0.15, 0.2) is 34.0 Å². The van der Waals surface area contributed by atoms with Crippen LogP contribution in [0.4, 0.5) is 0 Å². The van der Waals surface area contributed by atoms with Crippen molar-refractivity contribution < 1.29 is 4.79 Å². The SMILES string of the molecule is CCN(CC)C(=O)CSc1cc(=O)n(C)c2cc(Cl)ccc12. The van der Waals surface area contributed by atoms with Gasteiger partial charge >= 0.3 is 0 Å². The van der Waals surface area contributed by atoms with Crippen LogP contribution in [0, 0.1) is 0 Å². The highest BCUT2D eigenvalue weighted by Crippen LogP contribution is 2.28. The predicted molar refractivity (Wildman–Crippen MR) is 92.9 cm³/mol. The van der Waals surface area contributed by atoms with E-state index >= 15 is 0 Å². The molecular formula is C16H19ClN2O2S. The van der Waals surface area contributed by atoms with Crippen LogP contribution in [0.25, 0.3) is 10.9 Å². The minimum absolute atomic E-state index is 0.0813. The first kappa shape index (κ1) is 16.9. The smallest absolute Gasteiger partial charge is 0.251 e. The molecule has 6 heteroatoms. The lowest BCUT2D eigenvalue weighted by Crippen LogP contribution is -2.31. The maximum absolute atomic E-state index is 12.1. The highest BCUT2D eigenvalue weighted by atomic mass is 35.5. The average Bonchev–Trinajstić information content (AvgIpc) is 2.50. The minimum Gasteiger partial charge on any atom is -0.343 e. The van der Waals surface area contributed by atoms with Crippen LogP contribution < -0.4 is 5.56 Å². The van der Waals surface area contributed by atoms with Gasteiger partial charge in [0, 0.05) is 41.5 Å². The molecule has 0 fully saturated rings. The van der Waals surface area contributed by atoms with Crippen LogP contribution in [0.1, 0.15) is 13.8 Å². The van der Waals surface area contributed by atoms with Crippen molar-refractivity contribution in [2.24, 2.45) is 7.05 Å². The lowest BCUT2D eigenvalue weighted by atomic mass is 10.2. The molecule has 0 unspecified atom stereocenters. The molecule has 0 aliphatic heterocycles. The maximum atomic E-state index is 12.1. The van der Waals surface area contributed by atoms with E-state index in [0.29, 0.717) is 23.9 Å². The number of pyridine rings is 1. The highest BCUT2D eigenvalue weighted by molar-refractivity contribution is 8.00. The fourth-order valence-electron chi connectivity index (χ4n) is 2.32. The van der Waals surface area contributed by atoms with Crippen molar-refractivity contribution in [2.45, 2.75) is 18.7 Å². The van der Waals surface area contributed by atoms with Gasteiger partial charge in [-0.05, 0) is 26.0 Å². The Bertz CT molecular complexity index is 754. The summed E-state index contributed by atoms with van der Waals surface area (Å²) in [5.74, 6) is 0.407. The van der Waals surface area contributed by atoms with Crippen molar-refractivity contribution >= 4 is 40.2 Å². The number of thioether (sulfide) groups is 1. The quantitative estimate of drug-likeness (QED) is 0.786. The van der Waals surface area contributed by atoms with Gasteiger partial charge in [-0.2, -0.15) is 0 Å². The van der Waals surface area contributed by atoms with E-state index in [0.717, 1.165) is 15.8 Å². The summed E-state index contributed by atoms with van der Waals surface area (Å²) < 4.78 is 1.57. The number of benzene rings is 1. The number of aryl methyl sites for hydroxylation is 1. The third-order valence-electron chi connectivity index (χ3n) is 3.64. The number of rotatable bonds is 5. The Labute approximate surface area is 139 Å². The van der Waals surface area contributed by atoms with Gasteiger partial charge in [-0.15, -0.1) is 11.8 Å². The molecule has 22 heavy (non-hydrogen) atoms. The standard InChI is InChI=1S/C16H19ClN2O2S/c1-4-19(5-2)16(21)10-22-14-9-15(20)18(3)13-8-11(17)6-7-12(13)14/h6-9H,4-5,10H2,1-3H3. The van der Waals surface area contributed by atoms with Gasteiger partial charge in [0.25, 0.3) is 5.56 Å². The first-order valence-electron chi connectivity index (χ1n) is 7.17. The summed E-state index contributed by atoms with van der Waals surface area (Å²) in [4.78, 5) is 26.8. The van der Waals surface area contributed by atoms with Gasteiger partial charge in [-0.3, -0.25) is 9.59 Å². The van der Waals surface area contributed by atoms with Crippen LogP contribution in [0.5, 0.6) is 0 Å². The second kappa shape index (κ2) is 7.20. The fourth-order valence-corrected chi connectivity index (χ4v) is 3.46. The molecule has 1 aromatic heterocycles. The van der Waals surface area contributed by atoms with Gasteiger partial charge in [0.2, 0.25) is 5.91 Å². The molecule has 0 aliphatic carbocycles. The van der Waals surface area contributed by atoms with Gasteiger partial charge in [-0.1, -0.05) is 17.7 Å². The van der Waals surface area contributed by atoms with Gasteiger partial charge in [0.05, 0.1) is 11.3 Å². The lowest BCUT2D eigenvalue weighted by Gasteiger charge is -2.18. The second-order valence-corrected chi connectivity index (χ2v) is 6.38. The summed E-state index contributed by atoms with van der Waals surface area (Å²) in [7, 11) is 1.72. The van der Waals surface area contributed by atoms with Crippen molar-refractivity contribution in [3.63, 3.8) is 0 Å². The van der Waals surface area contributed by atoms with E-state index in [1.165, 1.54) is 11.8 Å². The second-order valence-electron chi connectivity index (χ2n) is 4.92. The van der Waals surface area contributed by atoms with Crippen molar-refractivity contribution in [3.8, 4) is 0 Å². The molecule has 0 saturated carbocycles. The zero-order chi connectivity index (χ0) is 16.3. The number of amides is 1. The molecule has 0 aliphatic rings. The normalized spacial score (nSPS) is 10.9. The van der Waals surface area contributed by atoms with Crippen molar-refractivity contribution in [3.05, 3.63) is 39.6 Å². The molecule has 0 bridgehead atoms. The third-order valence-corrected chi connectivity index (χ3v) is 4.91. The van der Waals surface area contributed by atoms with E-state index in [9.17, 15) is 9.59 Å². The highest BCUT2D eigenvalue weighted by Gasteiger charge is 2.13. The molecule has 0 radical (unpaired) electrons. The number of hydrogen-bond donors (Lipinski definition) is 0. The zero-order valence-electron chi connectivity index (χ0n) is 12.9. The maximum Gasteiger partial charge on any atom is 0.251 e. The third kappa shape index (κ3) is 3.47. The van der Waals surface area contributed by atoms with E-state index < -0.39 is 0 Å². The summed E-state index contributed by atoms with van der Waals surface area (Å²) in [6, 6.07) is 7.04. The summed E-state index contributed by atoms with van der Waals surface area (Å²) in [5, 5.41) is 1.52. The number of nitrogens with zero attached hydrogens (tertiary/aromatic N) is 2. The molecule has 2 aromatic rings. The number of fused-ring (bicyclic) bond motifs is 1. The minimum atomic E-state index is -0.104. The molecule has 1 heterocycles. The number of halogens is 1. The molecule has 118 valence electrons. The molecular weight excluding hydrogens is 320 g/mol. The molecule has 1 amide bonds. The van der Waals surface area contributed by atoms with Crippen LogP contribution in [-0.2, 0) is 11.8 Å². The van der Waals surface area contributed by atoms with Crippen LogP contribution >= 0.6 is 23.4 Å². The molecule has 4 nitrogen and oxygen atoms in total. The van der Waals surface area contributed by atoms with Crippen LogP contribution in [-0.4, -0.2) is 34.2 Å². The van der Waals surface area contributed by atoms with E-state index in [4.69, 9.17) is 11.6 Å². The van der Waals surface area contributed by atoms with E-state index in [2.05, 4.69) is 0 Å². The lowest BCUT2D eigenvalue weighted by molar-refractivity contribution is -0.127. The molecule has 0 N–H and O–H groups in total. The molecule has 0 atom stereocenters. The summed E-state index contributed by atoms with van der Waals surface area (Å²) in [6.45, 7) is 5.31. The van der Waals surface area contributed by atoms with Crippen molar-refractivity contribution in [2.75, 3.05) is 18.8 Å². The van der Waals surface area contributed by atoms with Gasteiger partial charge in [0.1, 0.15) is 0 Å². The Hall–Kier alpha value is -1.46. The topological polar surface area (TPSA) is 42.3 Å². The number of hydrogen-bond acceptors (Lipinski definition) is 3. The number of carbonyl (C=O) groups is 1. The summed E-state index contributed by atoms with van der Waals surface area (Å²) in [5.41, 5.74) is 0.672. The first-order valence-corrected chi connectivity index (χ1v) is 8.54. The number of carbonyl (C=O) groups excluding carboxylic acids is 1. The molecule has 0 spiro atoms.